The largest absolute Gasteiger partial charge is 0.497 e. The van der Waals surface area contributed by atoms with E-state index in [-0.39, 0.29) is 10.7 Å². The van der Waals surface area contributed by atoms with Crippen LogP contribution >= 0.6 is 0 Å². The number of hydrogen-bond donors (Lipinski definition) is 2. The van der Waals surface area contributed by atoms with E-state index in [1.807, 2.05) is 43.3 Å². The second-order valence-electron chi connectivity index (χ2n) is 6.69. The molecule has 7 nitrogen and oxygen atoms in total. The molecule has 8 heteroatoms. The third kappa shape index (κ3) is 4.18. The summed E-state index contributed by atoms with van der Waals surface area (Å²) >= 11 is 0. The molecule has 0 unspecified atom stereocenters. The Kier molecular flexibility index (Phi) is 5.24. The van der Waals surface area contributed by atoms with Crippen LogP contribution in [0.1, 0.15) is 5.56 Å². The molecule has 0 aliphatic rings. The Morgan fingerprint density at radius 1 is 0.833 bits per heavy atom. The lowest BCUT2D eigenvalue weighted by Crippen LogP contribution is -2.16. The van der Waals surface area contributed by atoms with E-state index in [9.17, 15) is 8.42 Å². The van der Waals surface area contributed by atoms with Gasteiger partial charge in [0.2, 0.25) is 0 Å². The van der Waals surface area contributed by atoms with Crippen LogP contribution in [-0.4, -0.2) is 25.5 Å². The van der Waals surface area contributed by atoms with Crippen LogP contribution in [0.4, 0.5) is 17.3 Å². The number of para-hydroxylation sites is 2. The van der Waals surface area contributed by atoms with E-state index in [0.717, 1.165) is 11.3 Å². The molecule has 0 amide bonds. The fraction of sp³-hybridized carbons (Fsp3) is 0.0909. The van der Waals surface area contributed by atoms with Crippen LogP contribution in [0.2, 0.25) is 0 Å². The molecule has 1 heterocycles. The molecule has 2 N–H and O–H groups in total. The minimum atomic E-state index is -3.84. The zero-order valence-electron chi connectivity index (χ0n) is 16.5. The van der Waals surface area contributed by atoms with Crippen LogP contribution in [0.15, 0.2) is 77.7 Å². The first-order chi connectivity index (χ1) is 14.4. The number of ether oxygens (including phenoxy) is 1. The predicted octanol–water partition coefficient (Wildman–Crippen LogP) is 4.49. The van der Waals surface area contributed by atoms with Gasteiger partial charge in [0, 0.05) is 5.69 Å². The molecule has 0 aliphatic carbocycles. The average molecular weight is 420 g/mol. The molecule has 0 atom stereocenters. The lowest BCUT2D eigenvalue weighted by atomic mass is 10.2. The monoisotopic (exact) mass is 420 g/mol. The number of anilines is 3. The normalized spacial score (nSPS) is 11.3. The third-order valence-corrected chi connectivity index (χ3v) is 5.79. The van der Waals surface area contributed by atoms with Gasteiger partial charge in [-0.25, -0.2) is 18.4 Å². The Morgan fingerprint density at radius 3 is 2.13 bits per heavy atom. The van der Waals surface area contributed by atoms with Gasteiger partial charge in [0.1, 0.15) is 5.75 Å². The summed E-state index contributed by atoms with van der Waals surface area (Å²) in [4.78, 5) is 9.23. The topological polar surface area (TPSA) is 93.2 Å². The van der Waals surface area contributed by atoms with Gasteiger partial charge in [-0.2, -0.15) is 0 Å². The smallest absolute Gasteiger partial charge is 0.263 e. The van der Waals surface area contributed by atoms with E-state index in [1.165, 1.54) is 0 Å². The Labute approximate surface area is 174 Å². The van der Waals surface area contributed by atoms with Crippen molar-refractivity contribution in [3.05, 3.63) is 78.4 Å². The van der Waals surface area contributed by atoms with Crippen LogP contribution in [0.5, 0.6) is 5.75 Å². The highest BCUT2D eigenvalue weighted by Gasteiger charge is 2.19. The van der Waals surface area contributed by atoms with E-state index in [0.29, 0.717) is 22.6 Å². The molecular weight excluding hydrogens is 400 g/mol. The van der Waals surface area contributed by atoms with E-state index >= 15 is 0 Å². The lowest BCUT2D eigenvalue weighted by Gasteiger charge is -2.14. The second kappa shape index (κ2) is 8.00. The summed E-state index contributed by atoms with van der Waals surface area (Å²) in [6.07, 6.45) is 0. The summed E-state index contributed by atoms with van der Waals surface area (Å²) < 4.78 is 33.7. The Morgan fingerprint density at radius 2 is 1.50 bits per heavy atom. The first-order valence-electron chi connectivity index (χ1n) is 9.22. The SMILES string of the molecule is COc1ccc(Nc2nc3ccccc3nc2NS(=O)(=O)c2cccc(C)c2)cc1. The predicted molar refractivity (Wildman–Crippen MR) is 118 cm³/mol. The summed E-state index contributed by atoms with van der Waals surface area (Å²) in [5.41, 5.74) is 2.79. The number of rotatable bonds is 6. The van der Waals surface area contributed by atoms with Gasteiger partial charge in [-0.3, -0.25) is 4.72 Å². The molecule has 30 heavy (non-hydrogen) atoms. The highest BCUT2D eigenvalue weighted by Crippen LogP contribution is 2.28. The first kappa shape index (κ1) is 19.7. The Balaban J connectivity index is 1.76. The minimum absolute atomic E-state index is 0.117. The van der Waals surface area contributed by atoms with Crippen molar-refractivity contribution in [1.82, 2.24) is 9.97 Å². The maximum absolute atomic E-state index is 13.0. The summed E-state index contributed by atoms with van der Waals surface area (Å²) in [6.45, 7) is 1.84. The standard InChI is InChI=1S/C22H20N4O3S/c1-15-6-5-7-18(14-15)30(27,28)26-22-21(23-16-10-12-17(29-2)13-11-16)24-19-8-3-4-9-20(19)25-22/h3-14H,1-2H3,(H,23,24)(H,25,26). The number of hydrogen-bond acceptors (Lipinski definition) is 6. The number of methoxy groups -OCH3 is 1. The van der Waals surface area contributed by atoms with Gasteiger partial charge < -0.3 is 10.1 Å². The van der Waals surface area contributed by atoms with Crippen molar-refractivity contribution in [1.29, 1.82) is 0 Å². The van der Waals surface area contributed by atoms with Gasteiger partial charge in [-0.15, -0.1) is 0 Å². The maximum Gasteiger partial charge on any atom is 0.263 e. The van der Waals surface area contributed by atoms with Crippen LogP contribution in [0.25, 0.3) is 11.0 Å². The van der Waals surface area contributed by atoms with Crippen molar-refractivity contribution in [3.63, 3.8) is 0 Å². The molecule has 0 saturated carbocycles. The van der Waals surface area contributed by atoms with Gasteiger partial charge >= 0.3 is 0 Å². The number of fused-ring (bicyclic) bond motifs is 1. The molecule has 1 aromatic heterocycles. The number of aromatic nitrogens is 2. The van der Waals surface area contributed by atoms with Gasteiger partial charge in [0.25, 0.3) is 10.0 Å². The maximum atomic E-state index is 13.0. The van der Waals surface area contributed by atoms with Crippen LogP contribution in [0.3, 0.4) is 0 Å². The van der Waals surface area contributed by atoms with Crippen molar-refractivity contribution in [2.45, 2.75) is 11.8 Å². The zero-order chi connectivity index (χ0) is 21.1. The average Bonchev–Trinajstić information content (AvgIpc) is 2.74. The van der Waals surface area contributed by atoms with Gasteiger partial charge in [0.15, 0.2) is 11.6 Å². The van der Waals surface area contributed by atoms with Gasteiger partial charge in [0.05, 0.1) is 23.0 Å². The van der Waals surface area contributed by atoms with Gasteiger partial charge in [-0.1, -0.05) is 24.3 Å². The van der Waals surface area contributed by atoms with Crippen molar-refractivity contribution >= 4 is 38.4 Å². The van der Waals surface area contributed by atoms with E-state index in [1.54, 1.807) is 43.5 Å². The third-order valence-electron chi connectivity index (χ3n) is 4.45. The summed E-state index contributed by atoms with van der Waals surface area (Å²) in [7, 11) is -2.25. The minimum Gasteiger partial charge on any atom is -0.497 e. The lowest BCUT2D eigenvalue weighted by molar-refractivity contribution is 0.415. The highest BCUT2D eigenvalue weighted by atomic mass is 32.2. The molecule has 0 aliphatic heterocycles. The fourth-order valence-electron chi connectivity index (χ4n) is 2.94. The van der Waals surface area contributed by atoms with Crippen molar-refractivity contribution in [2.24, 2.45) is 0 Å². The van der Waals surface area contributed by atoms with E-state index < -0.39 is 10.0 Å². The first-order valence-corrected chi connectivity index (χ1v) is 10.7. The molecule has 0 fully saturated rings. The summed E-state index contributed by atoms with van der Waals surface area (Å²) in [5, 5.41) is 3.15. The van der Waals surface area contributed by atoms with E-state index in [4.69, 9.17) is 4.74 Å². The second-order valence-corrected chi connectivity index (χ2v) is 8.37. The van der Waals surface area contributed by atoms with Crippen molar-refractivity contribution in [3.8, 4) is 5.75 Å². The number of nitrogens with one attached hydrogen (secondary N) is 2. The molecular formula is C22H20N4O3S. The van der Waals surface area contributed by atoms with Crippen molar-refractivity contribution < 1.29 is 13.2 Å². The molecule has 4 aromatic rings. The van der Waals surface area contributed by atoms with Crippen LogP contribution in [-0.2, 0) is 10.0 Å². The summed E-state index contributed by atoms with van der Waals surface area (Å²) in [5.74, 6) is 1.13. The zero-order valence-corrected chi connectivity index (χ0v) is 17.3. The van der Waals surface area contributed by atoms with E-state index in [2.05, 4.69) is 20.0 Å². The number of nitrogens with zero attached hydrogens (tertiary/aromatic N) is 2. The number of sulfonamides is 1. The number of benzene rings is 3. The summed E-state index contributed by atoms with van der Waals surface area (Å²) in [6, 6.07) is 21.2. The molecule has 3 aromatic carbocycles. The Hall–Kier alpha value is -3.65. The highest BCUT2D eigenvalue weighted by molar-refractivity contribution is 7.92. The molecule has 0 spiro atoms. The van der Waals surface area contributed by atoms with Gasteiger partial charge in [-0.05, 0) is 61.0 Å². The molecule has 152 valence electrons. The van der Waals surface area contributed by atoms with Crippen LogP contribution < -0.4 is 14.8 Å². The quantitative estimate of drug-likeness (QED) is 0.477. The van der Waals surface area contributed by atoms with Crippen LogP contribution in [0, 0.1) is 6.92 Å². The number of aryl methyl sites for hydroxylation is 1. The molecule has 4 rings (SSSR count). The Bertz CT molecular complexity index is 1310. The fourth-order valence-corrected chi connectivity index (χ4v) is 4.05. The van der Waals surface area contributed by atoms with Crippen molar-refractivity contribution in [2.75, 3.05) is 17.1 Å². The molecule has 0 radical (unpaired) electrons. The molecule has 0 saturated heterocycles. The molecule has 0 bridgehead atoms.